The van der Waals surface area contributed by atoms with E-state index in [0.29, 0.717) is 0 Å². The molecule has 4 nitrogen and oxygen atoms in total. The van der Waals surface area contributed by atoms with Crippen LogP contribution < -0.4 is 21.7 Å². The molecule has 0 saturated carbocycles. The van der Waals surface area contributed by atoms with Crippen molar-refractivity contribution in [3.63, 3.8) is 0 Å². The van der Waals surface area contributed by atoms with E-state index in [1.807, 2.05) is 0 Å². The number of halogens is 3. The molecule has 0 heterocycles. The van der Waals surface area contributed by atoms with Gasteiger partial charge >= 0.3 is 6.36 Å². The third-order valence-electron chi connectivity index (χ3n) is 1.33. The van der Waals surface area contributed by atoms with Gasteiger partial charge in [-0.3, -0.25) is 5.84 Å². The van der Waals surface area contributed by atoms with Crippen LogP contribution in [0, 0.1) is 0 Å². The summed E-state index contributed by atoms with van der Waals surface area (Å²) in [4.78, 5) is 0. The zero-order valence-corrected chi connectivity index (χ0v) is 6.93. The number of rotatable bonds is 2. The fourth-order valence-electron chi connectivity index (χ4n) is 0.898. The third-order valence-corrected chi connectivity index (χ3v) is 1.33. The molecule has 0 bridgehead atoms. The molecular weight excluding hydrogens is 199 g/mol. The highest BCUT2D eigenvalue weighted by molar-refractivity contribution is 5.58. The summed E-state index contributed by atoms with van der Waals surface area (Å²) >= 11 is 0. The predicted octanol–water partition coefficient (Wildman–Crippen LogP) is 1.45. The zero-order valence-electron chi connectivity index (χ0n) is 6.93. The van der Waals surface area contributed by atoms with E-state index in [1.165, 1.54) is 6.07 Å². The van der Waals surface area contributed by atoms with Crippen molar-refractivity contribution in [2.24, 2.45) is 5.84 Å². The minimum atomic E-state index is -4.74. The molecule has 1 rings (SSSR count). The summed E-state index contributed by atoms with van der Waals surface area (Å²) in [5, 5.41) is 0. The number of benzene rings is 1. The molecule has 0 fully saturated rings. The second kappa shape index (κ2) is 3.62. The Balaban J connectivity index is 2.92. The molecule has 0 aromatic heterocycles. The van der Waals surface area contributed by atoms with Crippen molar-refractivity contribution in [2.45, 2.75) is 6.36 Å². The average Bonchev–Trinajstić information content (AvgIpc) is 1.99. The van der Waals surface area contributed by atoms with Gasteiger partial charge in [-0.15, -0.1) is 13.2 Å². The van der Waals surface area contributed by atoms with E-state index in [4.69, 9.17) is 11.6 Å². The fourth-order valence-corrected chi connectivity index (χ4v) is 0.898. The Morgan fingerprint density at radius 3 is 2.36 bits per heavy atom. The maximum Gasteiger partial charge on any atom is 0.573 e. The SMILES string of the molecule is NNc1cc(N)cc(OC(F)(F)F)c1. The van der Waals surface area contributed by atoms with E-state index < -0.39 is 12.1 Å². The van der Waals surface area contributed by atoms with Crippen molar-refractivity contribution in [3.05, 3.63) is 18.2 Å². The average molecular weight is 207 g/mol. The lowest BCUT2D eigenvalue weighted by Gasteiger charge is -2.10. The van der Waals surface area contributed by atoms with Crippen LogP contribution in [0.2, 0.25) is 0 Å². The molecule has 0 amide bonds. The zero-order chi connectivity index (χ0) is 10.8. The molecule has 0 spiro atoms. The number of nitrogens with one attached hydrogen (secondary N) is 1. The lowest BCUT2D eigenvalue weighted by atomic mass is 10.2. The van der Waals surface area contributed by atoms with Gasteiger partial charge in [0, 0.05) is 17.8 Å². The molecule has 5 N–H and O–H groups in total. The molecular formula is C7H8F3N3O. The highest BCUT2D eigenvalue weighted by Gasteiger charge is 2.31. The van der Waals surface area contributed by atoms with Crippen molar-refractivity contribution < 1.29 is 17.9 Å². The molecule has 0 saturated heterocycles. The molecule has 78 valence electrons. The Morgan fingerprint density at radius 1 is 1.21 bits per heavy atom. The van der Waals surface area contributed by atoms with Crippen molar-refractivity contribution in [3.8, 4) is 5.75 Å². The van der Waals surface area contributed by atoms with E-state index in [0.717, 1.165) is 12.1 Å². The first-order chi connectivity index (χ1) is 6.40. The van der Waals surface area contributed by atoms with E-state index >= 15 is 0 Å². The standard InChI is InChI=1S/C7H8F3N3O/c8-7(9,10)14-6-2-4(11)1-5(3-6)13-12/h1-3,13H,11-12H2. The van der Waals surface area contributed by atoms with Gasteiger partial charge in [0.2, 0.25) is 0 Å². The van der Waals surface area contributed by atoms with Gasteiger partial charge in [-0.25, -0.2) is 0 Å². The van der Waals surface area contributed by atoms with Crippen molar-refractivity contribution in [1.29, 1.82) is 0 Å². The summed E-state index contributed by atoms with van der Waals surface area (Å²) in [6.07, 6.45) is -4.74. The summed E-state index contributed by atoms with van der Waals surface area (Å²) < 4.78 is 39.0. The highest BCUT2D eigenvalue weighted by atomic mass is 19.4. The first kappa shape index (κ1) is 10.5. The van der Waals surface area contributed by atoms with Crippen LogP contribution in [0.5, 0.6) is 5.75 Å². The van der Waals surface area contributed by atoms with E-state index in [-0.39, 0.29) is 11.4 Å². The fraction of sp³-hybridized carbons (Fsp3) is 0.143. The summed E-state index contributed by atoms with van der Waals surface area (Å²) in [5.41, 5.74) is 7.84. The van der Waals surface area contributed by atoms with Crippen LogP contribution in [0.25, 0.3) is 0 Å². The second-order valence-electron chi connectivity index (χ2n) is 2.48. The van der Waals surface area contributed by atoms with Gasteiger partial charge in [0.1, 0.15) is 5.75 Å². The normalized spacial score (nSPS) is 11.1. The number of hydrazine groups is 1. The minimum absolute atomic E-state index is 0.125. The number of nitrogen functional groups attached to an aromatic ring is 2. The van der Waals surface area contributed by atoms with Gasteiger partial charge < -0.3 is 15.9 Å². The van der Waals surface area contributed by atoms with Crippen LogP contribution in [-0.2, 0) is 0 Å². The Bertz CT molecular complexity index is 326. The van der Waals surface area contributed by atoms with Crippen LogP contribution in [0.1, 0.15) is 0 Å². The maximum absolute atomic E-state index is 11.8. The summed E-state index contributed by atoms with van der Waals surface area (Å²) in [6, 6.07) is 3.52. The van der Waals surface area contributed by atoms with Crippen LogP contribution in [0.4, 0.5) is 24.5 Å². The van der Waals surface area contributed by atoms with Gasteiger partial charge in [0.15, 0.2) is 0 Å². The number of hydrogen-bond donors (Lipinski definition) is 3. The molecule has 7 heteroatoms. The van der Waals surface area contributed by atoms with E-state index in [2.05, 4.69) is 10.2 Å². The van der Waals surface area contributed by atoms with Gasteiger partial charge in [0.05, 0.1) is 5.69 Å². The Labute approximate surface area is 77.6 Å². The second-order valence-corrected chi connectivity index (χ2v) is 2.48. The van der Waals surface area contributed by atoms with Gasteiger partial charge in [-0.05, 0) is 6.07 Å². The smallest absolute Gasteiger partial charge is 0.406 e. The molecule has 0 atom stereocenters. The number of alkyl halides is 3. The van der Waals surface area contributed by atoms with Crippen molar-refractivity contribution in [2.75, 3.05) is 11.2 Å². The topological polar surface area (TPSA) is 73.3 Å². The Morgan fingerprint density at radius 2 is 1.86 bits per heavy atom. The maximum atomic E-state index is 11.8. The number of nitrogens with two attached hydrogens (primary N) is 2. The minimum Gasteiger partial charge on any atom is -0.406 e. The molecule has 0 unspecified atom stereocenters. The van der Waals surface area contributed by atoms with Gasteiger partial charge in [-0.1, -0.05) is 0 Å². The van der Waals surface area contributed by atoms with Gasteiger partial charge in [0.25, 0.3) is 0 Å². The number of ether oxygens (including phenoxy) is 1. The number of anilines is 2. The van der Waals surface area contributed by atoms with Crippen molar-refractivity contribution in [1.82, 2.24) is 0 Å². The van der Waals surface area contributed by atoms with Crippen LogP contribution >= 0.6 is 0 Å². The molecule has 0 aliphatic rings. The molecule has 0 aliphatic carbocycles. The van der Waals surface area contributed by atoms with Crippen LogP contribution in [0.15, 0.2) is 18.2 Å². The molecule has 1 aromatic rings. The van der Waals surface area contributed by atoms with Crippen LogP contribution in [0.3, 0.4) is 0 Å². The first-order valence-electron chi connectivity index (χ1n) is 3.53. The molecule has 0 aliphatic heterocycles. The third kappa shape index (κ3) is 3.02. The molecule has 0 radical (unpaired) electrons. The summed E-state index contributed by atoms with van der Waals surface area (Å²) in [5.74, 6) is 4.60. The van der Waals surface area contributed by atoms with Crippen molar-refractivity contribution >= 4 is 11.4 Å². The highest BCUT2D eigenvalue weighted by Crippen LogP contribution is 2.27. The van der Waals surface area contributed by atoms with Crippen LogP contribution in [-0.4, -0.2) is 6.36 Å². The molecule has 1 aromatic carbocycles. The number of hydrogen-bond acceptors (Lipinski definition) is 4. The Hall–Kier alpha value is -1.63. The lowest BCUT2D eigenvalue weighted by molar-refractivity contribution is -0.274. The Kier molecular flexibility index (Phi) is 2.70. The quantitative estimate of drug-likeness (QED) is 0.390. The molecule has 14 heavy (non-hydrogen) atoms. The first-order valence-corrected chi connectivity index (χ1v) is 3.53. The summed E-state index contributed by atoms with van der Waals surface area (Å²) in [6.45, 7) is 0. The lowest BCUT2D eigenvalue weighted by Crippen LogP contribution is -2.17. The van der Waals surface area contributed by atoms with E-state index in [9.17, 15) is 13.2 Å². The summed E-state index contributed by atoms with van der Waals surface area (Å²) in [7, 11) is 0. The van der Waals surface area contributed by atoms with E-state index in [1.54, 1.807) is 0 Å². The predicted molar refractivity (Wildman–Crippen MR) is 45.3 cm³/mol. The largest absolute Gasteiger partial charge is 0.573 e. The monoisotopic (exact) mass is 207 g/mol. The van der Waals surface area contributed by atoms with Gasteiger partial charge in [-0.2, -0.15) is 0 Å².